The van der Waals surface area contributed by atoms with Gasteiger partial charge in [0.05, 0.1) is 12.7 Å². The first-order valence-electron chi connectivity index (χ1n) is 15.1. The second-order valence-electron chi connectivity index (χ2n) is 15.0. The topological polar surface area (TPSA) is 52.5 Å². The number of allylic oxidation sites excluding steroid dienone is 1. The molecule has 0 aromatic rings. The van der Waals surface area contributed by atoms with Crippen molar-refractivity contribution in [1.82, 2.24) is 5.32 Å². The van der Waals surface area contributed by atoms with E-state index >= 15 is 0 Å². The number of fused-ring (bicyclic) bond motifs is 7. The van der Waals surface area contributed by atoms with Crippen LogP contribution >= 0.6 is 0 Å². The highest BCUT2D eigenvalue weighted by Crippen LogP contribution is 2.77. The van der Waals surface area contributed by atoms with Gasteiger partial charge in [-0.05, 0) is 129 Å². The van der Waals surface area contributed by atoms with Crippen LogP contribution in [0.2, 0.25) is 0 Å². The van der Waals surface area contributed by atoms with Gasteiger partial charge in [-0.1, -0.05) is 46.8 Å². The van der Waals surface area contributed by atoms with E-state index in [0.717, 1.165) is 37.6 Å². The van der Waals surface area contributed by atoms with Gasteiger partial charge in [-0.2, -0.15) is 0 Å². The maximum atomic E-state index is 11.0. The standard InChI is InChI=1S/C32H55NO2/c1-8-33-19-32-16-11-22(21(2)3)27(32)23-9-10-25-28(4)14-13-26(35)29(5,20-34)24(28)12-15-31(25,7)30(23,6)17-18-32/h22-27,33-35H,2,8-20H2,1,3-7H3/t22-,23?,24?,25?,26-,27?,28-,29-,30+,31+,32+/m0/s1. The van der Waals surface area contributed by atoms with Crippen LogP contribution in [-0.4, -0.2) is 36.0 Å². The Kier molecular flexibility index (Phi) is 6.42. The summed E-state index contributed by atoms with van der Waals surface area (Å²) >= 11 is 0. The van der Waals surface area contributed by atoms with Crippen molar-refractivity contribution in [1.29, 1.82) is 0 Å². The molecule has 0 aromatic carbocycles. The quantitative estimate of drug-likeness (QED) is 0.385. The summed E-state index contributed by atoms with van der Waals surface area (Å²) in [6.07, 6.45) is 12.2. The van der Waals surface area contributed by atoms with Crippen molar-refractivity contribution >= 4 is 0 Å². The molecule has 3 nitrogen and oxygen atoms in total. The molecule has 11 atom stereocenters. The summed E-state index contributed by atoms with van der Waals surface area (Å²) in [5, 5.41) is 25.3. The largest absolute Gasteiger partial charge is 0.396 e. The fourth-order valence-corrected chi connectivity index (χ4v) is 12.0. The minimum atomic E-state index is -0.363. The fraction of sp³-hybridized carbons (Fsp3) is 0.938. The predicted octanol–water partition coefficient (Wildman–Crippen LogP) is 6.59. The van der Waals surface area contributed by atoms with Crippen LogP contribution in [0, 0.1) is 56.7 Å². The van der Waals surface area contributed by atoms with E-state index in [1.807, 2.05) is 0 Å². The fourth-order valence-electron chi connectivity index (χ4n) is 12.0. The maximum Gasteiger partial charge on any atom is 0.0618 e. The third-order valence-electron chi connectivity index (χ3n) is 14.1. The lowest BCUT2D eigenvalue weighted by Gasteiger charge is -2.73. The Morgan fingerprint density at radius 2 is 1.63 bits per heavy atom. The van der Waals surface area contributed by atoms with E-state index in [9.17, 15) is 10.2 Å². The minimum Gasteiger partial charge on any atom is -0.396 e. The van der Waals surface area contributed by atoms with Crippen molar-refractivity contribution < 1.29 is 10.2 Å². The molecule has 0 spiro atoms. The van der Waals surface area contributed by atoms with Gasteiger partial charge in [0.1, 0.15) is 0 Å². The molecule has 0 bridgehead atoms. The Morgan fingerprint density at radius 1 is 0.886 bits per heavy atom. The molecule has 5 saturated carbocycles. The van der Waals surface area contributed by atoms with Crippen LogP contribution < -0.4 is 5.32 Å². The molecule has 200 valence electrons. The van der Waals surface area contributed by atoms with Crippen molar-refractivity contribution in [2.24, 2.45) is 56.7 Å². The highest BCUT2D eigenvalue weighted by Gasteiger charge is 2.71. The third-order valence-corrected chi connectivity index (χ3v) is 14.1. The first kappa shape index (κ1) is 26.2. The van der Waals surface area contributed by atoms with Crippen LogP contribution in [0.25, 0.3) is 0 Å². The van der Waals surface area contributed by atoms with E-state index in [4.69, 9.17) is 0 Å². The molecule has 0 heterocycles. The van der Waals surface area contributed by atoms with E-state index in [-0.39, 0.29) is 23.5 Å². The van der Waals surface area contributed by atoms with Gasteiger partial charge in [0.25, 0.3) is 0 Å². The van der Waals surface area contributed by atoms with Crippen LogP contribution in [-0.2, 0) is 0 Å². The van der Waals surface area contributed by atoms with Crippen LogP contribution in [0.15, 0.2) is 12.2 Å². The maximum absolute atomic E-state index is 11.0. The zero-order valence-electron chi connectivity index (χ0n) is 23.8. The van der Waals surface area contributed by atoms with Gasteiger partial charge in [0, 0.05) is 12.0 Å². The predicted molar refractivity (Wildman–Crippen MR) is 145 cm³/mol. The van der Waals surface area contributed by atoms with Gasteiger partial charge in [-0.25, -0.2) is 0 Å². The summed E-state index contributed by atoms with van der Waals surface area (Å²) in [5.74, 6) is 3.37. The Labute approximate surface area is 215 Å². The summed E-state index contributed by atoms with van der Waals surface area (Å²) < 4.78 is 0. The van der Waals surface area contributed by atoms with Crippen LogP contribution in [0.3, 0.4) is 0 Å². The number of hydrogen-bond acceptors (Lipinski definition) is 3. The monoisotopic (exact) mass is 485 g/mol. The molecule has 0 radical (unpaired) electrons. The van der Waals surface area contributed by atoms with E-state index < -0.39 is 0 Å². The molecular weight excluding hydrogens is 430 g/mol. The zero-order chi connectivity index (χ0) is 25.4. The average molecular weight is 486 g/mol. The molecule has 3 N–H and O–H groups in total. The third kappa shape index (κ3) is 3.32. The van der Waals surface area contributed by atoms with Crippen LogP contribution in [0.4, 0.5) is 0 Å². The second-order valence-corrected chi connectivity index (χ2v) is 15.0. The van der Waals surface area contributed by atoms with Gasteiger partial charge in [-0.3, -0.25) is 0 Å². The lowest BCUT2D eigenvalue weighted by molar-refractivity contribution is -0.253. The lowest BCUT2D eigenvalue weighted by Crippen LogP contribution is -2.67. The zero-order valence-corrected chi connectivity index (χ0v) is 23.8. The Bertz CT molecular complexity index is 841. The van der Waals surface area contributed by atoms with Gasteiger partial charge in [0.2, 0.25) is 0 Å². The van der Waals surface area contributed by atoms with Crippen molar-refractivity contribution in [2.75, 3.05) is 19.7 Å². The molecule has 0 aromatic heterocycles. The number of rotatable bonds is 5. The number of hydrogen-bond donors (Lipinski definition) is 3. The average Bonchev–Trinajstić information content (AvgIpc) is 3.21. The molecular formula is C32H55NO2. The van der Waals surface area contributed by atoms with E-state index in [1.165, 1.54) is 57.1 Å². The molecule has 5 aliphatic rings. The molecule has 0 amide bonds. The molecule has 0 aliphatic heterocycles. The molecule has 4 unspecified atom stereocenters. The normalized spacial score (nSPS) is 55.4. The molecule has 35 heavy (non-hydrogen) atoms. The molecule has 5 fully saturated rings. The van der Waals surface area contributed by atoms with Gasteiger partial charge < -0.3 is 15.5 Å². The van der Waals surface area contributed by atoms with Crippen LogP contribution in [0.1, 0.15) is 106 Å². The van der Waals surface area contributed by atoms with E-state index in [0.29, 0.717) is 34.0 Å². The van der Waals surface area contributed by atoms with Gasteiger partial charge in [0.15, 0.2) is 0 Å². The van der Waals surface area contributed by atoms with Crippen molar-refractivity contribution in [3.05, 3.63) is 12.2 Å². The Balaban J connectivity index is 1.53. The molecule has 0 saturated heterocycles. The van der Waals surface area contributed by atoms with Gasteiger partial charge >= 0.3 is 0 Å². The highest BCUT2D eigenvalue weighted by molar-refractivity contribution is 5.22. The summed E-state index contributed by atoms with van der Waals surface area (Å²) in [4.78, 5) is 0. The summed E-state index contributed by atoms with van der Waals surface area (Å²) in [5.41, 5.74) is 2.47. The Morgan fingerprint density at radius 3 is 2.29 bits per heavy atom. The lowest BCUT2D eigenvalue weighted by atomic mass is 9.32. The van der Waals surface area contributed by atoms with E-state index in [2.05, 4.69) is 53.4 Å². The SMILES string of the molecule is C=C(C)[C@@H]1CC[C@]2(CNCC)CC[C@]3(C)C(CCC4[C@@]5(C)CC[C@H](O)[C@@](C)(CO)C5CC[C@]43C)C12. The molecule has 3 heteroatoms. The number of nitrogens with one attached hydrogen (secondary N) is 1. The molecule has 5 aliphatic carbocycles. The van der Waals surface area contributed by atoms with Gasteiger partial charge in [-0.15, -0.1) is 0 Å². The first-order chi connectivity index (χ1) is 16.4. The molecule has 5 rings (SSSR count). The summed E-state index contributed by atoms with van der Waals surface area (Å²) in [6, 6.07) is 0. The number of aliphatic hydroxyl groups excluding tert-OH is 2. The second kappa shape index (κ2) is 8.57. The van der Waals surface area contributed by atoms with Crippen LogP contribution in [0.5, 0.6) is 0 Å². The van der Waals surface area contributed by atoms with Crippen molar-refractivity contribution in [3.8, 4) is 0 Å². The highest BCUT2D eigenvalue weighted by atomic mass is 16.3. The van der Waals surface area contributed by atoms with E-state index in [1.54, 1.807) is 0 Å². The number of aliphatic hydroxyl groups is 2. The summed E-state index contributed by atoms with van der Waals surface area (Å²) in [6.45, 7) is 21.6. The smallest absolute Gasteiger partial charge is 0.0618 e. The van der Waals surface area contributed by atoms with Crippen molar-refractivity contribution in [3.63, 3.8) is 0 Å². The minimum absolute atomic E-state index is 0.118. The Hall–Kier alpha value is -0.380. The first-order valence-corrected chi connectivity index (χ1v) is 15.1. The summed E-state index contributed by atoms with van der Waals surface area (Å²) in [7, 11) is 0. The van der Waals surface area contributed by atoms with Crippen molar-refractivity contribution in [2.45, 2.75) is 112 Å².